The quantitative estimate of drug-likeness (QED) is 0.0958. The van der Waals surface area contributed by atoms with Crippen LogP contribution in [0.3, 0.4) is 0 Å². The number of thiazole rings is 1. The van der Waals surface area contributed by atoms with Crippen LogP contribution in [0.2, 0.25) is 0 Å². The number of hydrogen-bond acceptors (Lipinski definition) is 10. The van der Waals surface area contributed by atoms with E-state index in [1.165, 1.54) is 34.7 Å². The summed E-state index contributed by atoms with van der Waals surface area (Å²) in [5.74, 6) is -2.86. The minimum Gasteiger partial charge on any atom is -0.435 e. The molecule has 13 heteroatoms. The predicted octanol–water partition coefficient (Wildman–Crippen LogP) is 6.08. The minimum atomic E-state index is -1.58. The highest BCUT2D eigenvalue weighted by Gasteiger charge is 2.45. The van der Waals surface area contributed by atoms with E-state index in [1.54, 1.807) is 36.4 Å². The van der Waals surface area contributed by atoms with E-state index in [4.69, 9.17) is 14.5 Å². The molecule has 3 aromatic carbocycles. The highest BCUT2D eigenvalue weighted by Crippen LogP contribution is 2.44. The molecule has 0 saturated carbocycles. The Morgan fingerprint density at radius 3 is 2.47 bits per heavy atom. The topological polar surface area (TPSA) is 109 Å². The molecule has 5 rings (SSSR count). The lowest BCUT2D eigenvalue weighted by Crippen LogP contribution is -2.42. The number of aromatic nitrogens is 4. The van der Waals surface area contributed by atoms with E-state index in [-0.39, 0.29) is 12.1 Å². The molecule has 0 fully saturated rings. The number of likely N-dealkylation sites (N-methyl/N-ethyl adjacent to an activating group) is 2. The van der Waals surface area contributed by atoms with Crippen LogP contribution in [0.4, 0.5) is 8.78 Å². The predicted molar refractivity (Wildman–Crippen MR) is 181 cm³/mol. The summed E-state index contributed by atoms with van der Waals surface area (Å²) in [6.45, 7) is 3.77. The van der Waals surface area contributed by atoms with E-state index < -0.39 is 35.9 Å². The van der Waals surface area contributed by atoms with E-state index in [2.05, 4.69) is 26.0 Å². The molecule has 2 heterocycles. The summed E-state index contributed by atoms with van der Waals surface area (Å²) in [4.78, 5) is 26.3. The third kappa shape index (κ3) is 8.79. The van der Waals surface area contributed by atoms with Crippen molar-refractivity contribution in [2.45, 2.75) is 31.5 Å². The Kier molecular flexibility index (Phi) is 11.6. The Morgan fingerprint density at radius 2 is 1.82 bits per heavy atom. The van der Waals surface area contributed by atoms with E-state index in [0.29, 0.717) is 21.8 Å². The van der Waals surface area contributed by atoms with Crippen LogP contribution in [-0.2, 0) is 28.2 Å². The number of hydrogen-bond donors (Lipinski definition) is 0. The van der Waals surface area contributed by atoms with Crippen molar-refractivity contribution in [2.24, 2.45) is 0 Å². The molecule has 0 bridgehead atoms. The molecular weight excluding hydrogens is 649 g/mol. The van der Waals surface area contributed by atoms with Gasteiger partial charge in [-0.1, -0.05) is 37.3 Å². The molecule has 0 aliphatic rings. The van der Waals surface area contributed by atoms with Crippen LogP contribution in [0.25, 0.3) is 11.3 Å². The molecule has 0 amide bonds. The maximum atomic E-state index is 15.7. The Hall–Kier alpha value is -4.87. The first-order valence-electron chi connectivity index (χ1n) is 15.5. The lowest BCUT2D eigenvalue weighted by molar-refractivity contribution is -0.148. The first-order chi connectivity index (χ1) is 23.6. The van der Waals surface area contributed by atoms with Crippen LogP contribution in [0.15, 0.2) is 84.8 Å². The summed E-state index contributed by atoms with van der Waals surface area (Å²) in [5, 5.41) is 15.9. The van der Waals surface area contributed by atoms with Crippen LogP contribution < -0.4 is 0 Å². The van der Waals surface area contributed by atoms with Crippen molar-refractivity contribution in [3.05, 3.63) is 124 Å². The summed E-state index contributed by atoms with van der Waals surface area (Å²) in [5.41, 5.74) is 1.81. The van der Waals surface area contributed by atoms with E-state index in [9.17, 15) is 14.4 Å². The van der Waals surface area contributed by atoms with Gasteiger partial charge in [-0.25, -0.2) is 28.2 Å². The normalized spacial score (nSPS) is 13.3. The van der Waals surface area contributed by atoms with Crippen molar-refractivity contribution in [3.63, 3.8) is 0 Å². The number of esters is 1. The van der Waals surface area contributed by atoms with Crippen molar-refractivity contribution < 1.29 is 23.0 Å². The number of rotatable bonds is 15. The fourth-order valence-electron chi connectivity index (χ4n) is 5.40. The van der Waals surface area contributed by atoms with Gasteiger partial charge in [0.25, 0.3) is 0 Å². The van der Waals surface area contributed by atoms with Crippen molar-refractivity contribution >= 4 is 17.3 Å². The van der Waals surface area contributed by atoms with E-state index in [0.717, 1.165) is 42.9 Å². The number of halogens is 2. The molecule has 0 aliphatic heterocycles. The first kappa shape index (κ1) is 35.4. The molecule has 0 unspecified atom stereocenters. The second-order valence-electron chi connectivity index (χ2n) is 12.0. The number of ether oxygens (including phenoxy) is 2. The molecule has 5 aromatic rings. The summed E-state index contributed by atoms with van der Waals surface area (Å²) < 4.78 is 43.4. The van der Waals surface area contributed by atoms with Crippen LogP contribution in [0, 0.1) is 23.0 Å². The van der Waals surface area contributed by atoms with E-state index >= 15 is 4.39 Å². The Balaban J connectivity index is 1.41. The monoisotopic (exact) mass is 685 g/mol. The van der Waals surface area contributed by atoms with Gasteiger partial charge in [0.05, 0.1) is 34.4 Å². The summed E-state index contributed by atoms with van der Waals surface area (Å²) in [7, 11) is 6.10. The average Bonchev–Trinajstić information content (AvgIpc) is 3.80. The fourth-order valence-corrected chi connectivity index (χ4v) is 6.37. The maximum Gasteiger partial charge on any atom is 0.340 e. The number of nitriles is 1. The van der Waals surface area contributed by atoms with Gasteiger partial charge in [-0.2, -0.15) is 10.4 Å². The van der Waals surface area contributed by atoms with Crippen molar-refractivity contribution in [3.8, 4) is 17.3 Å². The standard InChI is InChI=1S/C36H37F2N7O3S/c1-25(34-42-33(20-49-34)28-9-5-26(18-39)6-10-28)36(21-45-23-40-22-41-45,31-14-13-30(37)17-32(31)38)48-24-47-35(46)29-11-7-27(8-12-29)19-44(4)16-15-43(2)3/h5-14,17,20,22-23,25H,15-16,19,21,24H2,1-4H3/t25-,36+/m0/s1. The van der Waals surface area contributed by atoms with Gasteiger partial charge in [-0.05, 0) is 57.0 Å². The highest BCUT2D eigenvalue weighted by atomic mass is 32.1. The highest BCUT2D eigenvalue weighted by molar-refractivity contribution is 7.10. The number of carbonyl (C=O) groups is 1. The Morgan fingerprint density at radius 1 is 1.06 bits per heavy atom. The number of nitrogens with zero attached hydrogens (tertiary/aromatic N) is 7. The fraction of sp³-hybridized carbons (Fsp3) is 0.306. The maximum absolute atomic E-state index is 15.7. The van der Waals surface area contributed by atoms with Gasteiger partial charge in [0, 0.05) is 48.1 Å². The zero-order valence-corrected chi connectivity index (χ0v) is 28.5. The molecule has 10 nitrogen and oxygen atoms in total. The third-order valence-corrected chi connectivity index (χ3v) is 9.26. The van der Waals surface area contributed by atoms with Crippen LogP contribution in [-0.4, -0.2) is 76.5 Å². The van der Waals surface area contributed by atoms with Crippen molar-refractivity contribution in [1.82, 2.24) is 29.5 Å². The molecule has 0 N–H and O–H groups in total. The largest absolute Gasteiger partial charge is 0.435 e. The molecule has 49 heavy (non-hydrogen) atoms. The van der Waals surface area contributed by atoms with Gasteiger partial charge >= 0.3 is 5.97 Å². The third-order valence-electron chi connectivity index (χ3n) is 8.23. The molecule has 2 atom stereocenters. The summed E-state index contributed by atoms with van der Waals surface area (Å²) in [6.07, 6.45) is 2.80. The van der Waals surface area contributed by atoms with Gasteiger partial charge < -0.3 is 19.3 Å². The molecule has 0 radical (unpaired) electrons. The number of carbonyl (C=O) groups excluding carboxylic acids is 1. The smallest absolute Gasteiger partial charge is 0.340 e. The zero-order valence-electron chi connectivity index (χ0n) is 27.7. The van der Waals surface area contributed by atoms with Crippen LogP contribution in [0.5, 0.6) is 0 Å². The molecular formula is C36H37F2N7O3S. The lowest BCUT2D eigenvalue weighted by Gasteiger charge is -2.38. The van der Waals surface area contributed by atoms with Gasteiger partial charge in [0.2, 0.25) is 0 Å². The summed E-state index contributed by atoms with van der Waals surface area (Å²) in [6, 6.07) is 19.5. The van der Waals surface area contributed by atoms with Gasteiger partial charge in [-0.3, -0.25) is 0 Å². The van der Waals surface area contributed by atoms with Crippen molar-refractivity contribution in [2.75, 3.05) is 41.0 Å². The van der Waals surface area contributed by atoms with Crippen molar-refractivity contribution in [1.29, 1.82) is 5.26 Å². The molecule has 0 saturated heterocycles. The minimum absolute atomic E-state index is 0.0332. The first-order valence-corrected chi connectivity index (χ1v) is 16.4. The molecule has 2 aromatic heterocycles. The summed E-state index contributed by atoms with van der Waals surface area (Å²) >= 11 is 1.34. The van der Waals surface area contributed by atoms with Gasteiger partial charge in [0.1, 0.15) is 29.9 Å². The second-order valence-corrected chi connectivity index (χ2v) is 12.9. The van der Waals surface area contributed by atoms with Gasteiger partial charge in [-0.15, -0.1) is 11.3 Å². The van der Waals surface area contributed by atoms with Crippen LogP contribution >= 0.6 is 11.3 Å². The SMILES string of the molecule is C[C@@H](c1nc(-c2ccc(C#N)cc2)cs1)[C@@](Cn1cncn1)(OCOC(=O)c1ccc(CN(C)CCN(C)C)cc1)c1ccc(F)cc1F. The van der Waals surface area contributed by atoms with Gasteiger partial charge in [0.15, 0.2) is 6.79 Å². The zero-order chi connectivity index (χ0) is 35.0. The number of benzene rings is 3. The average molecular weight is 686 g/mol. The lowest BCUT2D eigenvalue weighted by atomic mass is 9.81. The Bertz CT molecular complexity index is 1880. The Labute approximate surface area is 288 Å². The second kappa shape index (κ2) is 16.0. The molecule has 0 spiro atoms. The molecule has 254 valence electrons. The van der Waals surface area contributed by atoms with Crippen LogP contribution in [0.1, 0.15) is 44.9 Å². The molecule has 0 aliphatic carbocycles. The van der Waals surface area contributed by atoms with E-state index in [1.807, 2.05) is 45.6 Å².